The molecule has 10 rings (SSSR count). The van der Waals surface area contributed by atoms with E-state index in [2.05, 4.69) is 146 Å². The molecular formula is C48H26O2U2. The van der Waals surface area contributed by atoms with Crippen molar-refractivity contribution in [2.75, 3.05) is 0 Å². The van der Waals surface area contributed by atoms with Crippen molar-refractivity contribution in [3.8, 4) is 55.6 Å². The summed E-state index contributed by atoms with van der Waals surface area (Å²) >= 11 is 0. The van der Waals surface area contributed by atoms with Gasteiger partial charge < -0.3 is 38.2 Å². The van der Waals surface area contributed by atoms with Crippen LogP contribution in [0.25, 0.3) is 99.5 Å². The molecular weight excluding hydrogens is 1080 g/mol. The molecule has 238 valence electrons. The topological polar surface area (TPSA) is 26.3 Å². The predicted molar refractivity (Wildman–Crippen MR) is 204 cm³/mol. The molecule has 0 N–H and O–H groups in total. The predicted octanol–water partition coefficient (Wildman–Crippen LogP) is 13.0. The molecule has 0 aliphatic heterocycles. The first kappa shape index (κ1) is 34.5. The maximum Gasteiger partial charge on any atom is 2.00 e. The van der Waals surface area contributed by atoms with E-state index in [1.165, 1.54) is 11.1 Å². The van der Waals surface area contributed by atoms with Crippen molar-refractivity contribution in [1.29, 1.82) is 0 Å². The van der Waals surface area contributed by atoms with E-state index in [9.17, 15) is 0 Å². The van der Waals surface area contributed by atoms with Crippen molar-refractivity contribution >= 4 is 43.9 Å². The quantitative estimate of drug-likeness (QED) is 0.161. The summed E-state index contributed by atoms with van der Waals surface area (Å²) in [6, 6.07) is 68.0. The fraction of sp³-hybridized carbons (Fsp3) is 0. The Kier molecular flexibility index (Phi) is 9.61. The van der Waals surface area contributed by atoms with Crippen LogP contribution in [-0.4, -0.2) is 0 Å². The molecule has 52 heavy (non-hydrogen) atoms. The summed E-state index contributed by atoms with van der Waals surface area (Å²) in [6.45, 7) is 0. The average Bonchev–Trinajstić information content (AvgIpc) is 3.74. The van der Waals surface area contributed by atoms with E-state index in [0.29, 0.717) is 0 Å². The van der Waals surface area contributed by atoms with Gasteiger partial charge in [0, 0.05) is 27.6 Å². The van der Waals surface area contributed by atoms with Crippen molar-refractivity contribution in [2.24, 2.45) is 0 Å². The van der Waals surface area contributed by atoms with Gasteiger partial charge in [-0.15, -0.1) is 41.5 Å². The van der Waals surface area contributed by atoms with Gasteiger partial charge in [0.25, 0.3) is 0 Å². The van der Waals surface area contributed by atoms with Gasteiger partial charge in [0.2, 0.25) is 0 Å². The number of hydrogen-bond donors (Lipinski definition) is 0. The molecule has 0 radical (unpaired) electrons. The summed E-state index contributed by atoms with van der Waals surface area (Å²) in [5.41, 5.74) is 14.1. The number of rotatable bonds is 5. The summed E-state index contributed by atoms with van der Waals surface area (Å²) < 4.78 is 12.6. The molecule has 0 saturated carbocycles. The van der Waals surface area contributed by atoms with E-state index in [0.717, 1.165) is 88.4 Å². The number of hydrogen-bond acceptors (Lipinski definition) is 2. The molecule has 0 fully saturated rings. The Morgan fingerprint density at radius 3 is 1.25 bits per heavy atom. The van der Waals surface area contributed by atoms with E-state index in [1.807, 2.05) is 36.4 Å². The van der Waals surface area contributed by atoms with Crippen LogP contribution in [0.1, 0.15) is 0 Å². The van der Waals surface area contributed by atoms with Crippen LogP contribution < -0.4 is 0 Å². The number of fused-ring (bicyclic) bond motifs is 6. The van der Waals surface area contributed by atoms with Gasteiger partial charge in [-0.2, -0.15) is 11.6 Å². The Morgan fingerprint density at radius 1 is 0.308 bits per heavy atom. The van der Waals surface area contributed by atoms with Crippen LogP contribution in [0, 0.1) is 86.5 Å². The zero-order valence-electron chi connectivity index (χ0n) is 27.8. The second-order valence-electron chi connectivity index (χ2n) is 12.6. The maximum absolute atomic E-state index is 6.35. The minimum atomic E-state index is 0. The molecule has 0 spiro atoms. The SMILES string of the molecule is [U+2].[U+2].[c-]1c[c-]c(-c2[c-]ccc(-c3ccc4oc5cc6oc7ccc(-c8ccccc8)cc7c6cc5c4c3)c2)cc1-c1[c-]ccc(-c2ccccc2)c1. The van der Waals surface area contributed by atoms with Crippen molar-refractivity contribution in [3.63, 3.8) is 0 Å². The van der Waals surface area contributed by atoms with Crippen LogP contribution in [0.5, 0.6) is 0 Å². The minimum absolute atomic E-state index is 0. The zero-order chi connectivity index (χ0) is 33.0. The van der Waals surface area contributed by atoms with Crippen LogP contribution in [0.15, 0.2) is 167 Å². The van der Waals surface area contributed by atoms with Gasteiger partial charge in [-0.05, 0) is 52.6 Å². The van der Waals surface area contributed by atoms with Crippen LogP contribution in [-0.2, 0) is 0 Å². The fourth-order valence-corrected chi connectivity index (χ4v) is 7.00. The zero-order valence-corrected chi connectivity index (χ0v) is 36.2. The summed E-state index contributed by atoms with van der Waals surface area (Å²) in [6.07, 6.45) is 0. The Morgan fingerprint density at radius 2 is 0.731 bits per heavy atom. The van der Waals surface area contributed by atoms with Crippen LogP contribution >= 0.6 is 0 Å². The fourth-order valence-electron chi connectivity index (χ4n) is 7.00. The first-order chi connectivity index (χ1) is 24.7. The third-order valence-electron chi connectivity index (χ3n) is 9.54. The van der Waals surface area contributed by atoms with Crippen molar-refractivity contribution < 1.29 is 71.1 Å². The van der Waals surface area contributed by atoms with Gasteiger partial charge in [-0.1, -0.05) is 72.8 Å². The monoisotopic (exact) mass is 1110 g/mol. The molecule has 0 atom stereocenters. The van der Waals surface area contributed by atoms with E-state index in [4.69, 9.17) is 8.83 Å². The van der Waals surface area contributed by atoms with Gasteiger partial charge in [0.15, 0.2) is 0 Å². The van der Waals surface area contributed by atoms with Crippen LogP contribution in [0.3, 0.4) is 0 Å². The Labute approximate surface area is 349 Å². The van der Waals surface area contributed by atoms with Gasteiger partial charge in [-0.3, -0.25) is 11.6 Å². The number of benzene rings is 8. The van der Waals surface area contributed by atoms with Gasteiger partial charge in [0.1, 0.15) is 22.3 Å². The molecule has 2 nitrogen and oxygen atoms in total. The smallest absolute Gasteiger partial charge is 0.456 e. The van der Waals surface area contributed by atoms with E-state index in [1.54, 1.807) is 0 Å². The first-order valence-corrected chi connectivity index (χ1v) is 16.6. The molecule has 10 aromatic rings. The third kappa shape index (κ3) is 6.30. The van der Waals surface area contributed by atoms with E-state index in [-0.39, 0.29) is 62.2 Å². The number of furan rings is 2. The van der Waals surface area contributed by atoms with Crippen molar-refractivity contribution in [3.05, 3.63) is 182 Å². The molecule has 8 aromatic carbocycles. The molecule has 4 heteroatoms. The summed E-state index contributed by atoms with van der Waals surface area (Å²) in [4.78, 5) is 0. The normalized spacial score (nSPS) is 11.2. The van der Waals surface area contributed by atoms with Crippen molar-refractivity contribution in [1.82, 2.24) is 0 Å². The Balaban J connectivity index is 0.00000193. The maximum atomic E-state index is 6.35. The molecule has 2 aromatic heterocycles. The minimum Gasteiger partial charge on any atom is -0.456 e. The molecule has 0 bridgehead atoms. The second-order valence-corrected chi connectivity index (χ2v) is 12.6. The van der Waals surface area contributed by atoms with Gasteiger partial charge >= 0.3 is 62.2 Å². The molecule has 0 unspecified atom stereocenters. The molecule has 0 amide bonds. The molecule has 0 aliphatic rings. The molecule has 0 aliphatic carbocycles. The molecule has 0 saturated heterocycles. The Bertz CT molecular complexity index is 2870. The van der Waals surface area contributed by atoms with Crippen molar-refractivity contribution in [2.45, 2.75) is 0 Å². The standard InChI is InChI=1S/C48H26O2.2U/c1-3-10-31(11-4-1)33-14-7-15-34(24-33)35-16-8-17-36(25-35)37-18-9-19-38(26-37)40-21-23-46-42(28-40)44-29-43-41-27-39(32-12-5-2-6-13-32)20-22-45(41)49-47(43)30-48(44)50-46;;/h1-14,19-30H;;/q-4;2*+2. The van der Waals surface area contributed by atoms with Gasteiger partial charge in [-0.25, -0.2) is 12.1 Å². The largest absolute Gasteiger partial charge is 2.00 e. The van der Waals surface area contributed by atoms with E-state index < -0.39 is 0 Å². The first-order valence-electron chi connectivity index (χ1n) is 16.6. The van der Waals surface area contributed by atoms with Crippen LogP contribution in [0.2, 0.25) is 0 Å². The second kappa shape index (κ2) is 14.5. The molecule has 2 heterocycles. The summed E-state index contributed by atoms with van der Waals surface area (Å²) in [7, 11) is 0. The summed E-state index contributed by atoms with van der Waals surface area (Å²) in [5, 5.41) is 4.31. The third-order valence-corrected chi connectivity index (χ3v) is 9.54. The average molecular weight is 1110 g/mol. The Hall–Kier alpha value is -4.54. The van der Waals surface area contributed by atoms with Crippen LogP contribution in [0.4, 0.5) is 0 Å². The van der Waals surface area contributed by atoms with Gasteiger partial charge in [0.05, 0.1) is 0 Å². The summed E-state index contributed by atoms with van der Waals surface area (Å²) in [5.74, 6) is 0. The van der Waals surface area contributed by atoms with E-state index >= 15 is 0 Å².